The van der Waals surface area contributed by atoms with Crippen molar-refractivity contribution in [2.45, 2.75) is 10.4 Å². The number of carbonyl (C=O) groups is 1. The van der Waals surface area contributed by atoms with Gasteiger partial charge in [0.05, 0.1) is 5.56 Å². The van der Waals surface area contributed by atoms with Crippen molar-refractivity contribution in [3.63, 3.8) is 0 Å². The highest BCUT2D eigenvalue weighted by molar-refractivity contribution is 8.00. The highest BCUT2D eigenvalue weighted by Crippen LogP contribution is 2.33. The summed E-state index contributed by atoms with van der Waals surface area (Å²) in [7, 11) is 0. The lowest BCUT2D eigenvalue weighted by atomic mass is 10.1. The maximum atomic E-state index is 13.8. The number of carbonyl (C=O) groups excluding carboxylic acids is 1. The maximum absolute atomic E-state index is 13.8. The molecule has 0 spiro atoms. The van der Waals surface area contributed by atoms with Crippen molar-refractivity contribution < 1.29 is 9.18 Å². The summed E-state index contributed by atoms with van der Waals surface area (Å²) in [5.41, 5.74) is 6.56. The number of hydrogen-bond donors (Lipinski definition) is 2. The van der Waals surface area contributed by atoms with Gasteiger partial charge in [0.1, 0.15) is 11.1 Å². The normalized spacial score (nSPS) is 12.0. The fraction of sp³-hybridized carbons (Fsp3) is 0.0625. The van der Waals surface area contributed by atoms with E-state index in [1.165, 1.54) is 6.07 Å². The van der Waals surface area contributed by atoms with Gasteiger partial charge in [-0.25, -0.2) is 9.37 Å². The number of thioether (sulfide) groups is 1. The van der Waals surface area contributed by atoms with Crippen molar-refractivity contribution in [2.24, 2.45) is 5.73 Å². The predicted octanol–water partition coefficient (Wildman–Crippen LogP) is 2.93. The Morgan fingerprint density at radius 2 is 1.83 bits per heavy atom. The van der Waals surface area contributed by atoms with Crippen LogP contribution in [0.25, 0.3) is 11.4 Å². The van der Waals surface area contributed by atoms with Gasteiger partial charge < -0.3 is 5.73 Å². The molecule has 1 aromatic heterocycles. The average Bonchev–Trinajstić information content (AvgIpc) is 3.02. The Hall–Kier alpha value is -2.67. The van der Waals surface area contributed by atoms with Crippen molar-refractivity contribution in [3.05, 3.63) is 66.0 Å². The third-order valence-corrected chi connectivity index (χ3v) is 4.31. The fourth-order valence-electron chi connectivity index (χ4n) is 2.10. The van der Waals surface area contributed by atoms with E-state index in [2.05, 4.69) is 15.2 Å². The summed E-state index contributed by atoms with van der Waals surface area (Å²) in [4.78, 5) is 15.9. The SMILES string of the molecule is NC(=O)C(Sc1n[nH]c(-c2ccccc2F)n1)c1ccccc1. The monoisotopic (exact) mass is 328 g/mol. The smallest absolute Gasteiger partial charge is 0.235 e. The van der Waals surface area contributed by atoms with Gasteiger partial charge in [-0.05, 0) is 17.7 Å². The summed E-state index contributed by atoms with van der Waals surface area (Å²) in [6.07, 6.45) is 0. The molecule has 1 amide bonds. The number of hydrogen-bond acceptors (Lipinski definition) is 4. The molecule has 0 fully saturated rings. The average molecular weight is 328 g/mol. The minimum absolute atomic E-state index is 0.307. The van der Waals surface area contributed by atoms with Crippen molar-refractivity contribution in [3.8, 4) is 11.4 Å². The molecule has 23 heavy (non-hydrogen) atoms. The minimum atomic E-state index is -0.611. The number of nitrogens with two attached hydrogens (primary N) is 1. The molecule has 1 unspecified atom stereocenters. The van der Waals surface area contributed by atoms with Crippen LogP contribution in [0.4, 0.5) is 4.39 Å². The summed E-state index contributed by atoms with van der Waals surface area (Å²) in [6.45, 7) is 0. The molecule has 3 N–H and O–H groups in total. The van der Waals surface area contributed by atoms with Crippen LogP contribution in [0.1, 0.15) is 10.8 Å². The number of nitrogens with one attached hydrogen (secondary N) is 1. The third kappa shape index (κ3) is 3.40. The van der Waals surface area contributed by atoms with E-state index in [4.69, 9.17) is 5.73 Å². The van der Waals surface area contributed by atoms with E-state index in [1.807, 2.05) is 30.3 Å². The van der Waals surface area contributed by atoms with Gasteiger partial charge in [0.2, 0.25) is 11.1 Å². The summed E-state index contributed by atoms with van der Waals surface area (Å²) < 4.78 is 13.8. The highest BCUT2D eigenvalue weighted by atomic mass is 32.2. The van der Waals surface area contributed by atoms with Crippen molar-refractivity contribution in [1.82, 2.24) is 15.2 Å². The Morgan fingerprint density at radius 3 is 2.52 bits per heavy atom. The molecule has 0 radical (unpaired) electrons. The van der Waals surface area contributed by atoms with Crippen LogP contribution in [0, 0.1) is 5.82 Å². The first kappa shape index (κ1) is 15.2. The van der Waals surface area contributed by atoms with Crippen LogP contribution < -0.4 is 5.73 Å². The molecule has 0 aliphatic rings. The van der Waals surface area contributed by atoms with Gasteiger partial charge in [-0.1, -0.05) is 54.2 Å². The number of rotatable bonds is 5. The number of benzene rings is 2. The Bertz CT molecular complexity index is 822. The van der Waals surface area contributed by atoms with Gasteiger partial charge in [-0.2, -0.15) is 0 Å². The van der Waals surface area contributed by atoms with Crippen molar-refractivity contribution >= 4 is 17.7 Å². The number of aromatic nitrogens is 3. The third-order valence-electron chi connectivity index (χ3n) is 3.18. The van der Waals surface area contributed by atoms with E-state index < -0.39 is 17.0 Å². The minimum Gasteiger partial charge on any atom is -0.368 e. The van der Waals surface area contributed by atoms with Crippen LogP contribution >= 0.6 is 11.8 Å². The zero-order valence-electron chi connectivity index (χ0n) is 11.9. The molecular weight excluding hydrogens is 315 g/mol. The Labute approximate surface area is 136 Å². The zero-order chi connectivity index (χ0) is 16.2. The lowest BCUT2D eigenvalue weighted by Crippen LogP contribution is -2.19. The van der Waals surface area contributed by atoms with Crippen LogP contribution in [-0.2, 0) is 4.79 Å². The molecule has 0 saturated carbocycles. The Kier molecular flexibility index (Phi) is 4.38. The molecule has 3 aromatic rings. The number of aromatic amines is 1. The van der Waals surface area contributed by atoms with E-state index in [0.29, 0.717) is 16.5 Å². The lowest BCUT2D eigenvalue weighted by Gasteiger charge is -2.10. The first-order valence-electron chi connectivity index (χ1n) is 6.83. The van der Waals surface area contributed by atoms with E-state index >= 15 is 0 Å². The molecule has 5 nitrogen and oxygen atoms in total. The van der Waals surface area contributed by atoms with E-state index in [-0.39, 0.29) is 0 Å². The van der Waals surface area contributed by atoms with Crippen molar-refractivity contribution in [2.75, 3.05) is 0 Å². The van der Waals surface area contributed by atoms with Gasteiger partial charge in [-0.3, -0.25) is 9.89 Å². The molecule has 0 aliphatic carbocycles. The Balaban J connectivity index is 1.86. The van der Waals surface area contributed by atoms with E-state index in [1.54, 1.807) is 18.2 Å². The number of halogens is 1. The van der Waals surface area contributed by atoms with Gasteiger partial charge in [-0.15, -0.1) is 5.10 Å². The molecule has 3 rings (SSSR count). The summed E-state index contributed by atoms with van der Waals surface area (Å²) in [6, 6.07) is 15.4. The second-order valence-corrected chi connectivity index (χ2v) is 5.83. The molecule has 0 bridgehead atoms. The molecule has 0 aliphatic heterocycles. The number of amides is 1. The van der Waals surface area contributed by atoms with Gasteiger partial charge in [0, 0.05) is 0 Å². The van der Waals surface area contributed by atoms with Crippen LogP contribution in [0.5, 0.6) is 0 Å². The fourth-order valence-corrected chi connectivity index (χ4v) is 2.96. The van der Waals surface area contributed by atoms with Gasteiger partial charge in [0.15, 0.2) is 5.82 Å². The first-order chi connectivity index (χ1) is 11.1. The van der Waals surface area contributed by atoms with Gasteiger partial charge >= 0.3 is 0 Å². The number of H-pyrrole nitrogens is 1. The molecule has 7 heteroatoms. The first-order valence-corrected chi connectivity index (χ1v) is 7.71. The van der Waals surface area contributed by atoms with Crippen LogP contribution in [0.2, 0.25) is 0 Å². The Morgan fingerprint density at radius 1 is 1.13 bits per heavy atom. The largest absolute Gasteiger partial charge is 0.368 e. The molecule has 0 saturated heterocycles. The van der Waals surface area contributed by atoms with E-state index in [0.717, 1.165) is 17.3 Å². The van der Waals surface area contributed by atoms with Crippen LogP contribution in [-0.4, -0.2) is 21.1 Å². The van der Waals surface area contributed by atoms with Crippen LogP contribution in [0.3, 0.4) is 0 Å². The number of nitrogens with zero attached hydrogens (tertiary/aromatic N) is 2. The molecule has 1 atom stereocenters. The quantitative estimate of drug-likeness (QED) is 0.705. The molecule has 116 valence electrons. The summed E-state index contributed by atoms with van der Waals surface area (Å²) in [5.74, 6) is -0.574. The number of primary amides is 1. The lowest BCUT2D eigenvalue weighted by molar-refractivity contribution is -0.117. The van der Waals surface area contributed by atoms with Gasteiger partial charge in [0.25, 0.3) is 0 Å². The van der Waals surface area contributed by atoms with Crippen LogP contribution in [0.15, 0.2) is 59.8 Å². The molecular formula is C16H13FN4OS. The second kappa shape index (κ2) is 6.62. The maximum Gasteiger partial charge on any atom is 0.235 e. The predicted molar refractivity (Wildman–Crippen MR) is 86.0 cm³/mol. The topological polar surface area (TPSA) is 84.7 Å². The zero-order valence-corrected chi connectivity index (χ0v) is 12.8. The molecule has 2 aromatic carbocycles. The van der Waals surface area contributed by atoms with E-state index in [9.17, 15) is 9.18 Å². The second-order valence-electron chi connectivity index (χ2n) is 4.76. The summed E-state index contributed by atoms with van der Waals surface area (Å²) in [5, 5.41) is 6.44. The standard InChI is InChI=1S/C16H13FN4OS/c17-12-9-5-4-8-11(12)15-19-16(21-20-15)23-13(14(18)22)10-6-2-1-3-7-10/h1-9,13H,(H2,18,22)(H,19,20,21). The summed E-state index contributed by atoms with van der Waals surface area (Å²) >= 11 is 1.12. The molecule has 1 heterocycles. The highest BCUT2D eigenvalue weighted by Gasteiger charge is 2.22. The van der Waals surface area contributed by atoms with Crippen molar-refractivity contribution in [1.29, 1.82) is 0 Å².